The normalized spacial score (nSPS) is 10.7. The van der Waals surface area contributed by atoms with Crippen LogP contribution in [0.2, 0.25) is 5.02 Å². The zero-order valence-electron chi connectivity index (χ0n) is 9.88. The summed E-state index contributed by atoms with van der Waals surface area (Å²) in [5.41, 5.74) is 1.21. The maximum atomic E-state index is 11.7. The Balaban J connectivity index is 2.64. The molecule has 0 spiro atoms. The van der Waals surface area contributed by atoms with Gasteiger partial charge in [-0.25, -0.2) is 9.97 Å². The van der Waals surface area contributed by atoms with E-state index in [2.05, 4.69) is 15.1 Å². The number of hydrogen-bond acceptors (Lipinski definition) is 5. The van der Waals surface area contributed by atoms with Crippen molar-refractivity contribution < 1.29 is 9.90 Å². The number of carbonyl (C=O) groups is 1. The van der Waals surface area contributed by atoms with Crippen molar-refractivity contribution in [3.63, 3.8) is 0 Å². The van der Waals surface area contributed by atoms with E-state index in [0.29, 0.717) is 22.1 Å². The minimum atomic E-state index is -0.589. The summed E-state index contributed by atoms with van der Waals surface area (Å²) in [7, 11) is 1.62. The van der Waals surface area contributed by atoms with E-state index in [0.717, 1.165) is 0 Å². The molecule has 1 N–H and O–H groups in total. The standard InChI is InChI=1S/C11H11ClN4O2/c1-6-13-4-8(12)10(15-6)7-3-14-16(2)11(7)9(18)5-17/h3-4,17H,5H2,1-2H3. The third kappa shape index (κ3) is 2.12. The summed E-state index contributed by atoms with van der Waals surface area (Å²) in [5, 5.41) is 13.3. The molecular weight excluding hydrogens is 256 g/mol. The molecule has 0 aliphatic carbocycles. The Labute approximate surface area is 108 Å². The van der Waals surface area contributed by atoms with E-state index in [4.69, 9.17) is 16.7 Å². The average molecular weight is 267 g/mol. The fourth-order valence-electron chi connectivity index (χ4n) is 1.66. The van der Waals surface area contributed by atoms with Crippen LogP contribution in [-0.4, -0.2) is 37.2 Å². The molecule has 6 nitrogen and oxygen atoms in total. The van der Waals surface area contributed by atoms with Crippen LogP contribution in [0, 0.1) is 6.92 Å². The molecule has 2 heterocycles. The lowest BCUT2D eigenvalue weighted by molar-refractivity contribution is 0.0895. The van der Waals surface area contributed by atoms with Gasteiger partial charge in [0, 0.05) is 13.2 Å². The molecule has 2 rings (SSSR count). The molecule has 0 amide bonds. The number of aliphatic hydroxyl groups excluding tert-OH is 1. The maximum absolute atomic E-state index is 11.7. The lowest BCUT2D eigenvalue weighted by atomic mass is 10.1. The van der Waals surface area contributed by atoms with Crippen molar-refractivity contribution >= 4 is 17.4 Å². The lowest BCUT2D eigenvalue weighted by Gasteiger charge is -2.05. The van der Waals surface area contributed by atoms with Crippen LogP contribution in [0.1, 0.15) is 16.3 Å². The topological polar surface area (TPSA) is 80.9 Å². The molecule has 0 saturated heterocycles. The summed E-state index contributed by atoms with van der Waals surface area (Å²) >= 11 is 6.02. The Hall–Kier alpha value is -1.79. The van der Waals surface area contributed by atoms with Gasteiger partial charge in [0.1, 0.15) is 18.1 Å². The number of nitrogens with zero attached hydrogens (tertiary/aromatic N) is 4. The zero-order chi connectivity index (χ0) is 13.3. The van der Waals surface area contributed by atoms with E-state index in [1.165, 1.54) is 17.1 Å². The summed E-state index contributed by atoms with van der Waals surface area (Å²) in [4.78, 5) is 19.9. The predicted octanol–water partition coefficient (Wildman–Crippen LogP) is 1.01. The fraction of sp³-hybridized carbons (Fsp3) is 0.273. The van der Waals surface area contributed by atoms with Crippen molar-refractivity contribution in [3.8, 4) is 11.3 Å². The van der Waals surface area contributed by atoms with E-state index in [9.17, 15) is 4.79 Å². The molecule has 0 unspecified atom stereocenters. The molecule has 0 radical (unpaired) electrons. The first-order valence-corrected chi connectivity index (χ1v) is 5.58. The van der Waals surface area contributed by atoms with Gasteiger partial charge in [0.15, 0.2) is 0 Å². The van der Waals surface area contributed by atoms with Crippen molar-refractivity contribution in [2.45, 2.75) is 6.92 Å². The SMILES string of the molecule is Cc1ncc(Cl)c(-c2cnn(C)c2C(=O)CO)n1. The number of hydrogen-bond donors (Lipinski definition) is 1. The summed E-state index contributed by atoms with van der Waals surface area (Å²) < 4.78 is 1.39. The first-order chi connectivity index (χ1) is 8.54. The molecule has 7 heteroatoms. The highest BCUT2D eigenvalue weighted by molar-refractivity contribution is 6.33. The second kappa shape index (κ2) is 4.83. The quantitative estimate of drug-likeness (QED) is 0.839. The van der Waals surface area contributed by atoms with Gasteiger partial charge in [0.05, 0.1) is 22.5 Å². The monoisotopic (exact) mass is 266 g/mol. The Morgan fingerprint density at radius 1 is 1.50 bits per heavy atom. The molecule has 0 aliphatic heterocycles. The highest BCUT2D eigenvalue weighted by Gasteiger charge is 2.20. The van der Waals surface area contributed by atoms with Crippen LogP contribution in [0.3, 0.4) is 0 Å². The summed E-state index contributed by atoms with van der Waals surface area (Å²) in [6, 6.07) is 0. The molecule has 94 valence electrons. The van der Waals surface area contributed by atoms with Gasteiger partial charge in [-0.3, -0.25) is 9.48 Å². The molecule has 0 bridgehead atoms. The highest BCUT2D eigenvalue weighted by Crippen LogP contribution is 2.28. The van der Waals surface area contributed by atoms with Gasteiger partial charge >= 0.3 is 0 Å². The second-order valence-corrected chi connectivity index (χ2v) is 4.13. The highest BCUT2D eigenvalue weighted by atomic mass is 35.5. The van der Waals surface area contributed by atoms with Crippen LogP contribution in [-0.2, 0) is 7.05 Å². The lowest BCUT2D eigenvalue weighted by Crippen LogP contribution is -2.12. The van der Waals surface area contributed by atoms with Crippen molar-refractivity contribution in [1.82, 2.24) is 19.7 Å². The van der Waals surface area contributed by atoms with Crippen molar-refractivity contribution in [2.75, 3.05) is 6.61 Å². The van der Waals surface area contributed by atoms with Gasteiger partial charge < -0.3 is 5.11 Å². The Bertz CT molecular complexity index is 609. The molecule has 2 aromatic heterocycles. The fourth-order valence-corrected chi connectivity index (χ4v) is 1.85. The van der Waals surface area contributed by atoms with E-state index in [1.54, 1.807) is 14.0 Å². The van der Waals surface area contributed by atoms with Crippen LogP contribution >= 0.6 is 11.6 Å². The average Bonchev–Trinajstić information content (AvgIpc) is 2.73. The number of aryl methyl sites for hydroxylation is 2. The van der Waals surface area contributed by atoms with Crippen molar-refractivity contribution in [1.29, 1.82) is 0 Å². The minimum absolute atomic E-state index is 0.275. The van der Waals surface area contributed by atoms with E-state index in [-0.39, 0.29) is 5.69 Å². The Morgan fingerprint density at radius 2 is 2.22 bits per heavy atom. The van der Waals surface area contributed by atoms with Gasteiger partial charge in [0.25, 0.3) is 0 Å². The zero-order valence-corrected chi connectivity index (χ0v) is 10.6. The van der Waals surface area contributed by atoms with Gasteiger partial charge in [-0.1, -0.05) is 11.6 Å². The third-order valence-electron chi connectivity index (χ3n) is 2.47. The van der Waals surface area contributed by atoms with Crippen molar-refractivity contribution in [3.05, 3.63) is 28.9 Å². The van der Waals surface area contributed by atoms with Crippen LogP contribution in [0.25, 0.3) is 11.3 Å². The number of aromatic nitrogens is 4. The van der Waals surface area contributed by atoms with Crippen molar-refractivity contribution in [2.24, 2.45) is 7.05 Å². The number of aliphatic hydroxyl groups is 1. The molecule has 18 heavy (non-hydrogen) atoms. The Kier molecular flexibility index (Phi) is 3.40. The summed E-state index contributed by atoms with van der Waals surface area (Å²) in [6.07, 6.45) is 2.97. The second-order valence-electron chi connectivity index (χ2n) is 3.73. The number of rotatable bonds is 3. The molecule has 0 aliphatic rings. The summed E-state index contributed by atoms with van der Waals surface area (Å²) in [5.74, 6) is 0.109. The van der Waals surface area contributed by atoms with Crippen LogP contribution in [0.5, 0.6) is 0 Å². The molecular formula is C11H11ClN4O2. The van der Waals surface area contributed by atoms with E-state index < -0.39 is 12.4 Å². The maximum Gasteiger partial charge on any atom is 0.206 e. The number of ketones is 1. The first-order valence-electron chi connectivity index (χ1n) is 5.20. The van der Waals surface area contributed by atoms with Gasteiger partial charge in [-0.15, -0.1) is 0 Å². The number of halogens is 1. The number of Topliss-reactive ketones (excluding diaryl/α,β-unsaturated/α-hetero) is 1. The third-order valence-corrected chi connectivity index (χ3v) is 2.74. The van der Waals surface area contributed by atoms with Gasteiger partial charge in [-0.2, -0.15) is 5.10 Å². The first kappa shape index (κ1) is 12.7. The van der Waals surface area contributed by atoms with Gasteiger partial charge in [-0.05, 0) is 6.92 Å². The molecule has 0 fully saturated rings. The van der Waals surface area contributed by atoms with E-state index in [1.807, 2.05) is 0 Å². The van der Waals surface area contributed by atoms with E-state index >= 15 is 0 Å². The largest absolute Gasteiger partial charge is 0.388 e. The number of carbonyl (C=O) groups excluding carboxylic acids is 1. The molecule has 0 aromatic carbocycles. The Morgan fingerprint density at radius 3 is 2.89 bits per heavy atom. The van der Waals surface area contributed by atoms with Crippen LogP contribution < -0.4 is 0 Å². The predicted molar refractivity (Wildman–Crippen MR) is 65.4 cm³/mol. The molecule has 0 atom stereocenters. The summed E-state index contributed by atoms with van der Waals surface area (Å²) in [6.45, 7) is 1.14. The van der Waals surface area contributed by atoms with Gasteiger partial charge in [0.2, 0.25) is 5.78 Å². The van der Waals surface area contributed by atoms with Crippen LogP contribution in [0.4, 0.5) is 0 Å². The van der Waals surface area contributed by atoms with Crippen LogP contribution in [0.15, 0.2) is 12.4 Å². The molecule has 0 saturated carbocycles. The smallest absolute Gasteiger partial charge is 0.206 e. The molecule has 2 aromatic rings. The minimum Gasteiger partial charge on any atom is -0.388 e.